The van der Waals surface area contributed by atoms with Gasteiger partial charge in [-0.05, 0) is 32.4 Å². The van der Waals surface area contributed by atoms with Crippen LogP contribution in [0.5, 0.6) is 5.75 Å². The Labute approximate surface area is 118 Å². The monoisotopic (exact) mass is 276 g/mol. The summed E-state index contributed by atoms with van der Waals surface area (Å²) < 4.78 is 5.54. The summed E-state index contributed by atoms with van der Waals surface area (Å²) in [6.07, 6.45) is 0.289. The number of carbonyl (C=O) groups excluding carboxylic acids is 2. The van der Waals surface area contributed by atoms with E-state index < -0.39 is 6.10 Å². The van der Waals surface area contributed by atoms with Crippen LogP contribution in [0.4, 0.5) is 5.69 Å². The van der Waals surface area contributed by atoms with Gasteiger partial charge in [0.2, 0.25) is 5.91 Å². The molecular formula is C15H20N2O3. The van der Waals surface area contributed by atoms with Gasteiger partial charge in [0.15, 0.2) is 6.10 Å². The van der Waals surface area contributed by atoms with Crippen LogP contribution in [-0.2, 0) is 9.59 Å². The third-order valence-electron chi connectivity index (χ3n) is 3.40. The molecule has 2 unspecified atom stereocenters. The largest absolute Gasteiger partial charge is 0.479 e. The summed E-state index contributed by atoms with van der Waals surface area (Å²) in [6, 6.07) is 7.36. The second kappa shape index (κ2) is 5.94. The zero-order chi connectivity index (χ0) is 14.7. The zero-order valence-corrected chi connectivity index (χ0v) is 12.1. The van der Waals surface area contributed by atoms with Crippen molar-refractivity contribution < 1.29 is 14.3 Å². The lowest BCUT2D eigenvalue weighted by atomic mass is 10.2. The number of hydrogen-bond donors (Lipinski definition) is 1. The quantitative estimate of drug-likeness (QED) is 0.911. The van der Waals surface area contributed by atoms with Gasteiger partial charge >= 0.3 is 0 Å². The molecule has 0 fully saturated rings. The Morgan fingerprint density at radius 1 is 1.45 bits per heavy atom. The highest BCUT2D eigenvalue weighted by atomic mass is 16.5. The number of benzene rings is 1. The fraction of sp³-hybridized carbons (Fsp3) is 0.467. The summed E-state index contributed by atoms with van der Waals surface area (Å²) in [6.45, 7) is 5.66. The van der Waals surface area contributed by atoms with E-state index in [1.165, 1.54) is 4.90 Å². The van der Waals surface area contributed by atoms with Crippen molar-refractivity contribution in [2.45, 2.75) is 39.3 Å². The number of para-hydroxylation sites is 2. The van der Waals surface area contributed by atoms with E-state index in [2.05, 4.69) is 5.32 Å². The van der Waals surface area contributed by atoms with Crippen molar-refractivity contribution in [1.29, 1.82) is 0 Å². The summed E-state index contributed by atoms with van der Waals surface area (Å²) in [5, 5.41) is 2.87. The molecule has 5 heteroatoms. The number of rotatable bonds is 4. The Morgan fingerprint density at radius 3 is 2.85 bits per heavy atom. The molecule has 0 bridgehead atoms. The first-order chi connectivity index (χ1) is 9.52. The fourth-order valence-corrected chi connectivity index (χ4v) is 2.09. The Morgan fingerprint density at radius 2 is 2.15 bits per heavy atom. The lowest BCUT2D eigenvalue weighted by molar-refractivity contribution is -0.128. The molecule has 2 rings (SSSR count). The number of nitrogens with one attached hydrogen (secondary N) is 1. The van der Waals surface area contributed by atoms with Crippen molar-refractivity contribution in [3.63, 3.8) is 0 Å². The number of amides is 2. The fourth-order valence-electron chi connectivity index (χ4n) is 2.09. The van der Waals surface area contributed by atoms with Crippen molar-refractivity contribution in [3.8, 4) is 5.75 Å². The summed E-state index contributed by atoms with van der Waals surface area (Å²) in [4.78, 5) is 25.7. The Balaban J connectivity index is 2.17. The summed E-state index contributed by atoms with van der Waals surface area (Å²) in [5.41, 5.74) is 0.648. The second-order valence-electron chi connectivity index (χ2n) is 5.03. The van der Waals surface area contributed by atoms with Crippen LogP contribution in [0.3, 0.4) is 0 Å². The van der Waals surface area contributed by atoms with E-state index in [0.717, 1.165) is 6.42 Å². The van der Waals surface area contributed by atoms with Crippen molar-refractivity contribution in [1.82, 2.24) is 5.32 Å². The van der Waals surface area contributed by atoms with Crippen molar-refractivity contribution in [2.24, 2.45) is 0 Å². The van der Waals surface area contributed by atoms with Crippen molar-refractivity contribution in [3.05, 3.63) is 24.3 Å². The molecule has 20 heavy (non-hydrogen) atoms. The standard InChI is InChI=1S/C15H20N2O3/c1-4-10(2)16-14(18)9-17-12-7-5-6-8-13(12)20-11(3)15(17)19/h5-8,10-11H,4,9H2,1-3H3,(H,16,18). The maximum atomic E-state index is 12.2. The lowest BCUT2D eigenvalue weighted by Gasteiger charge is -2.32. The molecule has 2 atom stereocenters. The van der Waals surface area contributed by atoms with Gasteiger partial charge in [0.05, 0.1) is 5.69 Å². The van der Waals surface area contributed by atoms with Crippen molar-refractivity contribution >= 4 is 17.5 Å². The van der Waals surface area contributed by atoms with Gasteiger partial charge in [-0.2, -0.15) is 0 Å². The van der Waals surface area contributed by atoms with Gasteiger partial charge in [-0.1, -0.05) is 19.1 Å². The maximum Gasteiger partial charge on any atom is 0.268 e. The number of ether oxygens (including phenoxy) is 1. The van der Waals surface area contributed by atoms with Crippen LogP contribution in [0.1, 0.15) is 27.2 Å². The second-order valence-corrected chi connectivity index (χ2v) is 5.03. The number of hydrogen-bond acceptors (Lipinski definition) is 3. The van der Waals surface area contributed by atoms with E-state index in [0.29, 0.717) is 11.4 Å². The Bertz CT molecular complexity index is 516. The number of anilines is 1. The first kappa shape index (κ1) is 14.4. The number of carbonyl (C=O) groups is 2. The van der Waals surface area contributed by atoms with Gasteiger partial charge in [0.25, 0.3) is 5.91 Å². The third-order valence-corrected chi connectivity index (χ3v) is 3.40. The highest BCUT2D eigenvalue weighted by Crippen LogP contribution is 2.33. The molecule has 1 heterocycles. The molecule has 108 valence electrons. The summed E-state index contributed by atoms with van der Waals surface area (Å²) >= 11 is 0. The van der Waals surface area contributed by atoms with E-state index in [-0.39, 0.29) is 24.4 Å². The van der Waals surface area contributed by atoms with Gasteiger partial charge in [0, 0.05) is 6.04 Å². The van der Waals surface area contributed by atoms with Gasteiger partial charge in [-0.25, -0.2) is 0 Å². The molecule has 5 nitrogen and oxygen atoms in total. The Kier molecular flexibility index (Phi) is 4.27. The maximum absolute atomic E-state index is 12.2. The minimum absolute atomic E-state index is 0.0217. The number of fused-ring (bicyclic) bond motifs is 1. The lowest BCUT2D eigenvalue weighted by Crippen LogP contribution is -2.49. The average molecular weight is 276 g/mol. The first-order valence-corrected chi connectivity index (χ1v) is 6.89. The minimum Gasteiger partial charge on any atom is -0.479 e. The van der Waals surface area contributed by atoms with Gasteiger partial charge in [-0.15, -0.1) is 0 Å². The van der Waals surface area contributed by atoms with Crippen LogP contribution < -0.4 is 15.0 Å². The summed E-state index contributed by atoms with van der Waals surface area (Å²) in [7, 11) is 0. The molecule has 1 aliphatic heterocycles. The predicted molar refractivity (Wildman–Crippen MR) is 76.8 cm³/mol. The zero-order valence-electron chi connectivity index (χ0n) is 12.1. The molecule has 0 spiro atoms. The molecule has 1 aromatic carbocycles. The molecule has 1 aliphatic rings. The molecule has 0 saturated heterocycles. The normalized spacial score (nSPS) is 19.1. The van der Waals surface area contributed by atoms with Crippen LogP contribution in [0.15, 0.2) is 24.3 Å². The summed E-state index contributed by atoms with van der Waals surface area (Å²) in [5.74, 6) is 0.288. The molecule has 0 aromatic heterocycles. The van der Waals surface area contributed by atoms with Crippen LogP contribution in [0.2, 0.25) is 0 Å². The third kappa shape index (κ3) is 2.92. The van der Waals surface area contributed by atoms with Gasteiger partial charge < -0.3 is 10.1 Å². The average Bonchev–Trinajstić information content (AvgIpc) is 2.43. The van der Waals surface area contributed by atoms with Crippen molar-refractivity contribution in [2.75, 3.05) is 11.4 Å². The van der Waals surface area contributed by atoms with E-state index >= 15 is 0 Å². The molecule has 2 amide bonds. The molecule has 0 saturated carbocycles. The van der Waals surface area contributed by atoms with E-state index in [1.54, 1.807) is 19.1 Å². The first-order valence-electron chi connectivity index (χ1n) is 6.89. The molecule has 0 aliphatic carbocycles. The van der Waals surface area contributed by atoms with Gasteiger partial charge in [-0.3, -0.25) is 14.5 Å². The smallest absolute Gasteiger partial charge is 0.268 e. The molecular weight excluding hydrogens is 256 g/mol. The topological polar surface area (TPSA) is 58.6 Å². The highest BCUT2D eigenvalue weighted by molar-refractivity contribution is 6.03. The van der Waals surface area contributed by atoms with Crippen LogP contribution in [0.25, 0.3) is 0 Å². The molecule has 1 N–H and O–H groups in total. The van der Waals surface area contributed by atoms with E-state index in [9.17, 15) is 9.59 Å². The van der Waals surface area contributed by atoms with Gasteiger partial charge in [0.1, 0.15) is 12.3 Å². The van der Waals surface area contributed by atoms with Crippen LogP contribution >= 0.6 is 0 Å². The van der Waals surface area contributed by atoms with E-state index in [1.807, 2.05) is 26.0 Å². The predicted octanol–water partition coefficient (Wildman–Crippen LogP) is 1.72. The molecule has 0 radical (unpaired) electrons. The van der Waals surface area contributed by atoms with Crippen LogP contribution in [0, 0.1) is 0 Å². The number of nitrogens with zero attached hydrogens (tertiary/aromatic N) is 1. The SMILES string of the molecule is CCC(C)NC(=O)CN1C(=O)C(C)Oc2ccccc21. The molecule has 1 aromatic rings. The highest BCUT2D eigenvalue weighted by Gasteiger charge is 2.32. The minimum atomic E-state index is -0.568. The van der Waals surface area contributed by atoms with Crippen LogP contribution in [-0.4, -0.2) is 30.5 Å². The van der Waals surface area contributed by atoms with E-state index in [4.69, 9.17) is 4.74 Å². The Hall–Kier alpha value is -2.04.